The highest BCUT2D eigenvalue weighted by Gasteiger charge is 2.26. The summed E-state index contributed by atoms with van der Waals surface area (Å²) in [6, 6.07) is 8.13. The number of hydrogen-bond donors (Lipinski definition) is 2. The Hall–Kier alpha value is -2.58. The number of likely N-dealkylation sites (tertiary alicyclic amines) is 1. The monoisotopic (exact) mass is 391 g/mol. The van der Waals surface area contributed by atoms with Gasteiger partial charge in [-0.2, -0.15) is 0 Å². The lowest BCUT2D eigenvalue weighted by Crippen LogP contribution is -2.38. The molecule has 0 atom stereocenters. The standard InChI is InChI=1S/C18H22ClN5O3/c1-27-14-4-2-12(3-5-14)11-23-8-6-13(7-9-23)22-16-15(19)10-21-18(20)17(16)24(25)26/h2-5,10,13H,6-9,11H2,1H3,(H3,20,21,22). The third kappa shape index (κ3) is 4.58. The molecule has 0 unspecified atom stereocenters. The summed E-state index contributed by atoms with van der Waals surface area (Å²) in [5.41, 5.74) is 6.87. The number of hydrogen-bond acceptors (Lipinski definition) is 7. The molecule has 1 aromatic heterocycles. The lowest BCUT2D eigenvalue weighted by molar-refractivity contribution is -0.383. The van der Waals surface area contributed by atoms with E-state index < -0.39 is 4.92 Å². The molecule has 2 aromatic rings. The molecule has 0 spiro atoms. The smallest absolute Gasteiger partial charge is 0.335 e. The Morgan fingerprint density at radius 3 is 2.63 bits per heavy atom. The second-order valence-corrected chi connectivity index (χ2v) is 6.92. The summed E-state index contributed by atoms with van der Waals surface area (Å²) in [4.78, 5) is 16.9. The van der Waals surface area contributed by atoms with Crippen LogP contribution in [0.3, 0.4) is 0 Å². The predicted octanol–water partition coefficient (Wildman–Crippen LogP) is 3.31. The van der Waals surface area contributed by atoms with Gasteiger partial charge in [0.2, 0.25) is 5.82 Å². The maximum Gasteiger partial charge on any atom is 0.335 e. The van der Waals surface area contributed by atoms with Crippen LogP contribution in [0.25, 0.3) is 0 Å². The highest BCUT2D eigenvalue weighted by Crippen LogP contribution is 2.36. The van der Waals surface area contributed by atoms with Gasteiger partial charge in [-0.3, -0.25) is 15.0 Å². The van der Waals surface area contributed by atoms with E-state index in [0.717, 1.165) is 38.2 Å². The van der Waals surface area contributed by atoms with Crippen LogP contribution in [0.1, 0.15) is 18.4 Å². The highest BCUT2D eigenvalue weighted by atomic mass is 35.5. The zero-order chi connectivity index (χ0) is 19.4. The number of nitrogens with one attached hydrogen (secondary N) is 1. The van der Waals surface area contributed by atoms with Gasteiger partial charge in [-0.1, -0.05) is 23.7 Å². The molecule has 1 aromatic carbocycles. The van der Waals surface area contributed by atoms with E-state index in [0.29, 0.717) is 0 Å². The Balaban J connectivity index is 1.60. The number of rotatable bonds is 6. The van der Waals surface area contributed by atoms with Gasteiger partial charge in [0, 0.05) is 25.7 Å². The van der Waals surface area contributed by atoms with E-state index in [4.69, 9.17) is 22.1 Å². The first kappa shape index (κ1) is 19.2. The lowest BCUT2D eigenvalue weighted by atomic mass is 10.0. The van der Waals surface area contributed by atoms with Gasteiger partial charge in [0.15, 0.2) is 0 Å². The van der Waals surface area contributed by atoms with Crippen LogP contribution in [0.5, 0.6) is 5.75 Å². The number of benzene rings is 1. The van der Waals surface area contributed by atoms with Crippen LogP contribution in [-0.2, 0) is 6.54 Å². The lowest BCUT2D eigenvalue weighted by Gasteiger charge is -2.33. The molecule has 1 fully saturated rings. The van der Waals surface area contributed by atoms with E-state index in [2.05, 4.69) is 27.3 Å². The van der Waals surface area contributed by atoms with E-state index in [1.165, 1.54) is 11.8 Å². The zero-order valence-corrected chi connectivity index (χ0v) is 15.8. The number of piperidine rings is 1. The molecule has 2 heterocycles. The first-order valence-corrected chi connectivity index (χ1v) is 9.06. The van der Waals surface area contributed by atoms with Gasteiger partial charge in [0.05, 0.1) is 23.3 Å². The molecular weight excluding hydrogens is 370 g/mol. The van der Waals surface area contributed by atoms with E-state index in [1.807, 2.05) is 12.1 Å². The van der Waals surface area contributed by atoms with E-state index in [9.17, 15) is 10.1 Å². The van der Waals surface area contributed by atoms with Crippen LogP contribution >= 0.6 is 11.6 Å². The minimum atomic E-state index is -0.546. The topological polar surface area (TPSA) is 107 Å². The van der Waals surface area contributed by atoms with Crippen LogP contribution in [0.15, 0.2) is 30.5 Å². The first-order valence-electron chi connectivity index (χ1n) is 8.68. The van der Waals surface area contributed by atoms with Crippen LogP contribution in [0.4, 0.5) is 17.2 Å². The van der Waals surface area contributed by atoms with Crippen molar-refractivity contribution in [2.45, 2.75) is 25.4 Å². The largest absolute Gasteiger partial charge is 0.497 e. The summed E-state index contributed by atoms with van der Waals surface area (Å²) in [7, 11) is 1.65. The van der Waals surface area contributed by atoms with Gasteiger partial charge in [-0.25, -0.2) is 4.98 Å². The number of pyridine rings is 1. The Labute approximate surface area is 162 Å². The van der Waals surface area contributed by atoms with E-state index >= 15 is 0 Å². The van der Waals surface area contributed by atoms with Crippen molar-refractivity contribution >= 4 is 28.8 Å². The number of nitro groups is 1. The predicted molar refractivity (Wildman–Crippen MR) is 105 cm³/mol. The molecule has 9 heteroatoms. The summed E-state index contributed by atoms with van der Waals surface area (Å²) < 4.78 is 5.18. The Morgan fingerprint density at radius 1 is 1.37 bits per heavy atom. The van der Waals surface area contributed by atoms with Gasteiger partial charge < -0.3 is 15.8 Å². The van der Waals surface area contributed by atoms with Gasteiger partial charge in [-0.15, -0.1) is 0 Å². The second-order valence-electron chi connectivity index (χ2n) is 6.51. The van der Waals surface area contributed by atoms with Crippen LogP contribution in [-0.4, -0.2) is 41.0 Å². The number of nitrogens with two attached hydrogens (primary N) is 1. The van der Waals surface area contributed by atoms with Gasteiger partial charge >= 0.3 is 5.69 Å². The number of nitrogen functional groups attached to an aromatic ring is 1. The van der Waals surface area contributed by atoms with Gasteiger partial charge in [0.1, 0.15) is 11.4 Å². The van der Waals surface area contributed by atoms with E-state index in [-0.39, 0.29) is 28.3 Å². The third-order valence-corrected chi connectivity index (χ3v) is 5.01. The van der Waals surface area contributed by atoms with E-state index in [1.54, 1.807) is 7.11 Å². The SMILES string of the molecule is COc1ccc(CN2CCC(Nc3c(Cl)cnc(N)c3[N+](=O)[O-])CC2)cc1. The number of aromatic nitrogens is 1. The summed E-state index contributed by atoms with van der Waals surface area (Å²) >= 11 is 6.12. The van der Waals surface area contributed by atoms with Crippen molar-refractivity contribution in [1.82, 2.24) is 9.88 Å². The molecule has 0 amide bonds. The summed E-state index contributed by atoms with van der Waals surface area (Å²) in [6.07, 6.45) is 3.04. The Kier molecular flexibility index (Phi) is 5.98. The summed E-state index contributed by atoms with van der Waals surface area (Å²) in [5.74, 6) is 0.709. The van der Waals surface area contributed by atoms with Crippen molar-refractivity contribution in [2.75, 3.05) is 31.2 Å². The fourth-order valence-corrected chi connectivity index (χ4v) is 3.44. The number of methoxy groups -OCH3 is 1. The number of anilines is 2. The first-order chi connectivity index (χ1) is 13.0. The molecule has 144 valence electrons. The van der Waals surface area contributed by atoms with Gasteiger partial charge in [0.25, 0.3) is 0 Å². The molecular formula is C18H22ClN5O3. The zero-order valence-electron chi connectivity index (χ0n) is 15.0. The van der Waals surface area contributed by atoms with Crippen molar-refractivity contribution < 1.29 is 9.66 Å². The number of nitrogens with zero attached hydrogens (tertiary/aromatic N) is 3. The highest BCUT2D eigenvalue weighted by molar-refractivity contribution is 6.33. The molecule has 3 rings (SSSR count). The summed E-state index contributed by atoms with van der Waals surface area (Å²) in [5, 5.41) is 14.7. The summed E-state index contributed by atoms with van der Waals surface area (Å²) in [6.45, 7) is 2.63. The normalized spacial score (nSPS) is 15.5. The van der Waals surface area contributed by atoms with Crippen LogP contribution < -0.4 is 15.8 Å². The van der Waals surface area contributed by atoms with Crippen LogP contribution in [0, 0.1) is 10.1 Å². The fraction of sp³-hybridized carbons (Fsp3) is 0.389. The van der Waals surface area contributed by atoms with Crippen molar-refractivity contribution in [2.24, 2.45) is 0 Å². The average molecular weight is 392 g/mol. The van der Waals surface area contributed by atoms with Crippen molar-refractivity contribution in [3.63, 3.8) is 0 Å². The molecule has 8 nitrogen and oxygen atoms in total. The van der Waals surface area contributed by atoms with Gasteiger partial charge in [-0.05, 0) is 30.5 Å². The molecule has 1 aliphatic heterocycles. The number of ether oxygens (including phenoxy) is 1. The number of halogens is 1. The maximum atomic E-state index is 11.3. The molecule has 0 aliphatic carbocycles. The molecule has 0 bridgehead atoms. The van der Waals surface area contributed by atoms with Crippen molar-refractivity contribution in [1.29, 1.82) is 0 Å². The molecule has 3 N–H and O–H groups in total. The average Bonchev–Trinajstić information content (AvgIpc) is 2.66. The third-order valence-electron chi connectivity index (χ3n) is 4.72. The molecule has 0 saturated carbocycles. The van der Waals surface area contributed by atoms with Crippen LogP contribution in [0.2, 0.25) is 5.02 Å². The maximum absolute atomic E-state index is 11.3. The second kappa shape index (κ2) is 8.41. The van der Waals surface area contributed by atoms with Crippen molar-refractivity contribution in [3.05, 3.63) is 51.2 Å². The van der Waals surface area contributed by atoms with Crippen molar-refractivity contribution in [3.8, 4) is 5.75 Å². The Bertz CT molecular complexity index is 807. The quantitative estimate of drug-likeness (QED) is 0.574. The minimum absolute atomic E-state index is 0.0927. The fourth-order valence-electron chi connectivity index (χ4n) is 3.24. The molecule has 1 saturated heterocycles. The molecule has 1 aliphatic rings. The molecule has 27 heavy (non-hydrogen) atoms. The minimum Gasteiger partial charge on any atom is -0.497 e. The Morgan fingerprint density at radius 2 is 2.04 bits per heavy atom. The molecule has 0 radical (unpaired) electrons.